The fourth-order valence-corrected chi connectivity index (χ4v) is 2.13. The molecule has 0 radical (unpaired) electrons. The average molecular weight is 333 g/mol. The SMILES string of the molecule is COCCNC(=O)c1cccc(C(=O)Nc2cccc(Cl)c2)c1. The molecule has 23 heavy (non-hydrogen) atoms. The molecule has 120 valence electrons. The van der Waals surface area contributed by atoms with Gasteiger partial charge in [-0.3, -0.25) is 9.59 Å². The van der Waals surface area contributed by atoms with Crippen LogP contribution in [0.15, 0.2) is 48.5 Å². The number of carbonyl (C=O) groups is 2. The van der Waals surface area contributed by atoms with Gasteiger partial charge in [0.2, 0.25) is 0 Å². The van der Waals surface area contributed by atoms with Crippen molar-refractivity contribution >= 4 is 29.1 Å². The van der Waals surface area contributed by atoms with Crippen molar-refractivity contribution in [1.82, 2.24) is 5.32 Å². The van der Waals surface area contributed by atoms with Gasteiger partial charge in [0.05, 0.1) is 6.61 Å². The van der Waals surface area contributed by atoms with Crippen LogP contribution >= 0.6 is 11.6 Å². The van der Waals surface area contributed by atoms with Gasteiger partial charge < -0.3 is 15.4 Å². The third-order valence-electron chi connectivity index (χ3n) is 3.06. The summed E-state index contributed by atoms with van der Waals surface area (Å²) in [4.78, 5) is 24.2. The van der Waals surface area contributed by atoms with Crippen LogP contribution in [0.4, 0.5) is 5.69 Å². The minimum atomic E-state index is -0.307. The predicted molar refractivity (Wildman–Crippen MR) is 90.1 cm³/mol. The topological polar surface area (TPSA) is 67.4 Å². The van der Waals surface area contributed by atoms with Crippen molar-refractivity contribution in [2.45, 2.75) is 0 Å². The molecule has 0 spiro atoms. The van der Waals surface area contributed by atoms with Crippen LogP contribution in [0.1, 0.15) is 20.7 Å². The van der Waals surface area contributed by atoms with E-state index in [9.17, 15) is 9.59 Å². The molecule has 5 nitrogen and oxygen atoms in total. The Morgan fingerprint density at radius 1 is 1.04 bits per heavy atom. The number of halogens is 1. The molecule has 0 aliphatic carbocycles. The van der Waals surface area contributed by atoms with Crippen LogP contribution in [0.5, 0.6) is 0 Å². The lowest BCUT2D eigenvalue weighted by molar-refractivity contribution is 0.0937. The summed E-state index contributed by atoms with van der Waals surface area (Å²) < 4.78 is 4.88. The summed E-state index contributed by atoms with van der Waals surface area (Å²) in [6.45, 7) is 0.842. The summed E-state index contributed by atoms with van der Waals surface area (Å²) in [5.41, 5.74) is 1.40. The molecule has 2 aromatic carbocycles. The number of carbonyl (C=O) groups excluding carboxylic acids is 2. The predicted octanol–water partition coefficient (Wildman–Crippen LogP) is 2.97. The Hall–Kier alpha value is -2.37. The molecule has 2 amide bonds. The van der Waals surface area contributed by atoms with Crippen LogP contribution < -0.4 is 10.6 Å². The van der Waals surface area contributed by atoms with Gasteiger partial charge in [0, 0.05) is 35.5 Å². The molecule has 2 aromatic rings. The van der Waals surface area contributed by atoms with Gasteiger partial charge in [-0.25, -0.2) is 0 Å². The largest absolute Gasteiger partial charge is 0.383 e. The van der Waals surface area contributed by atoms with E-state index >= 15 is 0 Å². The summed E-state index contributed by atoms with van der Waals surface area (Å²) in [6.07, 6.45) is 0. The van der Waals surface area contributed by atoms with Crippen LogP contribution in [-0.2, 0) is 4.74 Å². The summed E-state index contributed by atoms with van der Waals surface area (Å²) in [6, 6.07) is 13.4. The molecule has 0 bridgehead atoms. The maximum Gasteiger partial charge on any atom is 0.255 e. The van der Waals surface area contributed by atoms with E-state index in [2.05, 4.69) is 10.6 Å². The van der Waals surface area contributed by atoms with E-state index in [0.29, 0.717) is 35.0 Å². The fourth-order valence-electron chi connectivity index (χ4n) is 1.94. The highest BCUT2D eigenvalue weighted by Crippen LogP contribution is 2.16. The highest BCUT2D eigenvalue weighted by Gasteiger charge is 2.10. The molecular formula is C17H17ClN2O3. The second-order valence-corrected chi connectivity index (χ2v) is 5.23. The molecule has 2 rings (SSSR count). The first-order valence-corrected chi connectivity index (χ1v) is 7.42. The number of amides is 2. The Kier molecular flexibility index (Phi) is 6.14. The number of anilines is 1. The Labute approximate surface area is 139 Å². The number of methoxy groups -OCH3 is 1. The van der Waals surface area contributed by atoms with Crippen molar-refractivity contribution in [3.8, 4) is 0 Å². The summed E-state index contributed by atoms with van der Waals surface area (Å²) in [5.74, 6) is -0.557. The molecule has 0 atom stereocenters. The van der Waals surface area contributed by atoms with Crippen LogP contribution in [0, 0.1) is 0 Å². The zero-order valence-corrected chi connectivity index (χ0v) is 13.4. The Morgan fingerprint density at radius 2 is 1.74 bits per heavy atom. The van der Waals surface area contributed by atoms with Gasteiger partial charge >= 0.3 is 0 Å². The monoisotopic (exact) mass is 332 g/mol. The van der Waals surface area contributed by atoms with Crippen molar-refractivity contribution in [3.05, 3.63) is 64.7 Å². The number of ether oxygens (including phenoxy) is 1. The minimum absolute atomic E-state index is 0.251. The second-order valence-electron chi connectivity index (χ2n) is 4.79. The highest BCUT2D eigenvalue weighted by molar-refractivity contribution is 6.31. The van der Waals surface area contributed by atoms with Crippen molar-refractivity contribution < 1.29 is 14.3 Å². The lowest BCUT2D eigenvalue weighted by atomic mass is 10.1. The summed E-state index contributed by atoms with van der Waals surface area (Å²) in [5, 5.41) is 5.99. The van der Waals surface area contributed by atoms with E-state index in [4.69, 9.17) is 16.3 Å². The summed E-state index contributed by atoms with van der Waals surface area (Å²) in [7, 11) is 1.56. The van der Waals surface area contributed by atoms with Crippen molar-refractivity contribution in [2.75, 3.05) is 25.6 Å². The van der Waals surface area contributed by atoms with E-state index in [1.807, 2.05) is 0 Å². The first-order valence-electron chi connectivity index (χ1n) is 7.04. The Balaban J connectivity index is 2.06. The van der Waals surface area contributed by atoms with E-state index in [1.165, 1.54) is 0 Å². The third kappa shape index (κ3) is 5.09. The average Bonchev–Trinajstić information content (AvgIpc) is 2.55. The molecule has 0 aromatic heterocycles. The minimum Gasteiger partial charge on any atom is -0.383 e. The van der Waals surface area contributed by atoms with Crippen LogP contribution in [-0.4, -0.2) is 32.1 Å². The normalized spacial score (nSPS) is 10.2. The number of rotatable bonds is 6. The molecule has 2 N–H and O–H groups in total. The molecular weight excluding hydrogens is 316 g/mol. The second kappa shape index (κ2) is 8.31. The lowest BCUT2D eigenvalue weighted by Crippen LogP contribution is -2.27. The summed E-state index contributed by atoms with van der Waals surface area (Å²) >= 11 is 5.89. The van der Waals surface area contributed by atoms with Crippen molar-refractivity contribution in [2.24, 2.45) is 0 Å². The standard InChI is InChI=1S/C17H17ClN2O3/c1-23-9-8-19-16(21)12-4-2-5-13(10-12)17(22)20-15-7-3-6-14(18)11-15/h2-7,10-11H,8-9H2,1H3,(H,19,21)(H,20,22). The van der Waals surface area contributed by atoms with E-state index in [1.54, 1.807) is 55.6 Å². The van der Waals surface area contributed by atoms with Gasteiger partial charge in [-0.15, -0.1) is 0 Å². The number of hydrogen-bond acceptors (Lipinski definition) is 3. The van der Waals surface area contributed by atoms with Crippen molar-refractivity contribution in [3.63, 3.8) is 0 Å². The van der Waals surface area contributed by atoms with Gasteiger partial charge in [0.25, 0.3) is 11.8 Å². The first-order chi connectivity index (χ1) is 11.1. The highest BCUT2D eigenvalue weighted by atomic mass is 35.5. The fraction of sp³-hybridized carbons (Fsp3) is 0.176. The van der Waals surface area contributed by atoms with Crippen LogP contribution in [0.25, 0.3) is 0 Å². The quantitative estimate of drug-likeness (QED) is 0.799. The van der Waals surface area contributed by atoms with Gasteiger partial charge in [-0.1, -0.05) is 23.7 Å². The maximum atomic E-state index is 12.3. The Morgan fingerprint density at radius 3 is 2.43 bits per heavy atom. The molecule has 0 saturated heterocycles. The molecule has 6 heteroatoms. The zero-order valence-electron chi connectivity index (χ0n) is 12.6. The maximum absolute atomic E-state index is 12.3. The number of nitrogens with one attached hydrogen (secondary N) is 2. The molecule has 0 unspecified atom stereocenters. The molecule has 0 aliphatic heterocycles. The van der Waals surface area contributed by atoms with Gasteiger partial charge in [-0.2, -0.15) is 0 Å². The molecule has 0 heterocycles. The lowest BCUT2D eigenvalue weighted by Gasteiger charge is -2.08. The third-order valence-corrected chi connectivity index (χ3v) is 3.30. The molecule has 0 fully saturated rings. The number of hydrogen-bond donors (Lipinski definition) is 2. The zero-order chi connectivity index (χ0) is 16.7. The van der Waals surface area contributed by atoms with E-state index < -0.39 is 0 Å². The first kappa shape index (κ1) is 17.0. The molecule has 0 aliphatic rings. The van der Waals surface area contributed by atoms with E-state index in [0.717, 1.165) is 0 Å². The van der Waals surface area contributed by atoms with Crippen molar-refractivity contribution in [1.29, 1.82) is 0 Å². The van der Waals surface area contributed by atoms with Gasteiger partial charge in [0.15, 0.2) is 0 Å². The van der Waals surface area contributed by atoms with Gasteiger partial charge in [-0.05, 0) is 36.4 Å². The molecule has 0 saturated carbocycles. The van der Waals surface area contributed by atoms with Crippen LogP contribution in [0.3, 0.4) is 0 Å². The Bertz CT molecular complexity index is 704. The smallest absolute Gasteiger partial charge is 0.255 e. The van der Waals surface area contributed by atoms with E-state index in [-0.39, 0.29) is 11.8 Å². The van der Waals surface area contributed by atoms with Crippen LogP contribution in [0.2, 0.25) is 5.02 Å². The number of benzene rings is 2. The van der Waals surface area contributed by atoms with Gasteiger partial charge in [0.1, 0.15) is 0 Å².